The molecule has 0 aliphatic carbocycles. The molecule has 0 radical (unpaired) electrons. The smallest absolute Gasteiger partial charge is 0.127 e. The lowest BCUT2D eigenvalue weighted by molar-refractivity contribution is -0.975. The number of aromatic nitrogens is 1. The molecule has 0 bridgehead atoms. The van der Waals surface area contributed by atoms with Gasteiger partial charge in [-0.3, -0.25) is 0 Å². The summed E-state index contributed by atoms with van der Waals surface area (Å²) >= 11 is 0. The second-order valence-corrected chi connectivity index (χ2v) is 8.43. The summed E-state index contributed by atoms with van der Waals surface area (Å²) in [5.74, 6) is 0.933. The second kappa shape index (κ2) is 11.1. The molecule has 3 aromatic rings. The Labute approximate surface area is 185 Å². The maximum atomic E-state index is 5.54. The molecule has 1 atom stereocenters. The first kappa shape index (κ1) is 21.6. The molecular formula is C26H35N3O2+2. The molecule has 4 rings (SSSR count). The van der Waals surface area contributed by atoms with Crippen LogP contribution in [0.3, 0.4) is 0 Å². The molecule has 5 heteroatoms. The van der Waals surface area contributed by atoms with Crippen LogP contribution in [0.2, 0.25) is 0 Å². The van der Waals surface area contributed by atoms with Crippen LogP contribution in [0, 0.1) is 0 Å². The first-order valence-corrected chi connectivity index (χ1v) is 11.4. The molecule has 0 saturated carbocycles. The van der Waals surface area contributed by atoms with Gasteiger partial charge in [0.2, 0.25) is 0 Å². The third kappa shape index (κ3) is 6.44. The monoisotopic (exact) mass is 421 g/mol. The molecule has 1 aliphatic heterocycles. The molecule has 5 nitrogen and oxygen atoms in total. The quantitative estimate of drug-likeness (QED) is 0.513. The summed E-state index contributed by atoms with van der Waals surface area (Å²) in [5.41, 5.74) is 4.05. The van der Waals surface area contributed by atoms with Crippen LogP contribution in [0.1, 0.15) is 16.8 Å². The highest BCUT2D eigenvalue weighted by molar-refractivity contribution is 5.27. The molecule has 1 fully saturated rings. The van der Waals surface area contributed by atoms with Crippen molar-refractivity contribution in [1.82, 2.24) is 4.57 Å². The Balaban J connectivity index is 1.46. The first-order valence-electron chi connectivity index (χ1n) is 11.4. The van der Waals surface area contributed by atoms with Crippen molar-refractivity contribution < 1.29 is 19.3 Å². The molecule has 2 aromatic carbocycles. The van der Waals surface area contributed by atoms with Gasteiger partial charge >= 0.3 is 0 Å². The van der Waals surface area contributed by atoms with Crippen LogP contribution in [0.4, 0.5) is 0 Å². The molecule has 164 valence electrons. The molecule has 1 aromatic heterocycles. The minimum atomic E-state index is 0.889. The van der Waals surface area contributed by atoms with E-state index in [0.29, 0.717) is 0 Å². The lowest BCUT2D eigenvalue weighted by Gasteiger charge is -2.26. The highest BCUT2D eigenvalue weighted by atomic mass is 16.5. The zero-order chi connectivity index (χ0) is 21.3. The fourth-order valence-corrected chi connectivity index (χ4v) is 4.37. The molecule has 1 unspecified atom stereocenters. The SMILES string of the molecule is COc1cccc(C[NH+](CC[NH+]2CCOCC2)Cc2cccn2Cc2ccccc2)c1. The molecule has 1 aliphatic rings. The summed E-state index contributed by atoms with van der Waals surface area (Å²) in [6.07, 6.45) is 2.21. The van der Waals surface area contributed by atoms with Gasteiger partial charge in [0.05, 0.1) is 26.0 Å². The number of quaternary nitrogens is 2. The van der Waals surface area contributed by atoms with Gasteiger partial charge in [0, 0.05) is 18.3 Å². The number of methoxy groups -OCH3 is 1. The Morgan fingerprint density at radius 2 is 1.74 bits per heavy atom. The van der Waals surface area contributed by atoms with Crippen molar-refractivity contribution in [2.24, 2.45) is 0 Å². The fourth-order valence-electron chi connectivity index (χ4n) is 4.37. The average Bonchev–Trinajstić information content (AvgIpc) is 3.25. The zero-order valence-corrected chi connectivity index (χ0v) is 18.6. The van der Waals surface area contributed by atoms with E-state index in [1.165, 1.54) is 23.4 Å². The third-order valence-corrected chi connectivity index (χ3v) is 6.17. The molecule has 0 amide bonds. The Morgan fingerprint density at radius 1 is 0.935 bits per heavy atom. The van der Waals surface area contributed by atoms with Gasteiger partial charge < -0.3 is 23.8 Å². The van der Waals surface area contributed by atoms with Gasteiger partial charge in [0.25, 0.3) is 0 Å². The van der Waals surface area contributed by atoms with Crippen molar-refractivity contribution in [3.63, 3.8) is 0 Å². The van der Waals surface area contributed by atoms with Gasteiger partial charge in [0.1, 0.15) is 45.0 Å². The normalized spacial score (nSPS) is 15.6. The predicted molar refractivity (Wildman–Crippen MR) is 123 cm³/mol. The van der Waals surface area contributed by atoms with Crippen molar-refractivity contribution in [2.75, 3.05) is 46.5 Å². The lowest BCUT2D eigenvalue weighted by atomic mass is 10.2. The minimum Gasteiger partial charge on any atom is -0.497 e. The van der Waals surface area contributed by atoms with Crippen molar-refractivity contribution in [2.45, 2.75) is 19.6 Å². The Bertz CT molecular complexity index is 919. The highest BCUT2D eigenvalue weighted by Crippen LogP contribution is 2.12. The van der Waals surface area contributed by atoms with E-state index in [2.05, 4.69) is 71.4 Å². The van der Waals surface area contributed by atoms with Gasteiger partial charge in [-0.2, -0.15) is 0 Å². The number of hydrogen-bond donors (Lipinski definition) is 2. The van der Waals surface area contributed by atoms with E-state index in [1.54, 1.807) is 16.9 Å². The van der Waals surface area contributed by atoms with Crippen LogP contribution in [-0.2, 0) is 24.4 Å². The van der Waals surface area contributed by atoms with E-state index in [4.69, 9.17) is 9.47 Å². The number of hydrogen-bond acceptors (Lipinski definition) is 2. The van der Waals surface area contributed by atoms with Crippen molar-refractivity contribution >= 4 is 0 Å². The maximum Gasteiger partial charge on any atom is 0.127 e. The molecule has 0 spiro atoms. The molecule has 1 saturated heterocycles. The molecule has 31 heavy (non-hydrogen) atoms. The number of morpholine rings is 1. The van der Waals surface area contributed by atoms with Crippen LogP contribution >= 0.6 is 0 Å². The van der Waals surface area contributed by atoms with Crippen LogP contribution in [0.15, 0.2) is 72.9 Å². The standard InChI is InChI=1S/C26H33N3O2/c1-30-26-11-5-9-24(19-26)20-28(14-13-27-15-17-31-18-16-27)22-25-10-6-12-29(25)21-23-7-3-2-4-8-23/h2-12,19H,13-18,20-22H2,1H3/p+2. The van der Waals surface area contributed by atoms with E-state index in [-0.39, 0.29) is 0 Å². The molecule has 2 heterocycles. The largest absolute Gasteiger partial charge is 0.497 e. The summed E-state index contributed by atoms with van der Waals surface area (Å²) in [6.45, 7) is 9.28. The second-order valence-electron chi connectivity index (χ2n) is 8.43. The Morgan fingerprint density at radius 3 is 2.55 bits per heavy atom. The first-order chi connectivity index (χ1) is 15.3. The topological polar surface area (TPSA) is 32.3 Å². The summed E-state index contributed by atoms with van der Waals surface area (Å²) in [5, 5.41) is 0. The Hall–Kier alpha value is -2.60. The van der Waals surface area contributed by atoms with E-state index in [9.17, 15) is 0 Å². The average molecular weight is 422 g/mol. The lowest BCUT2D eigenvalue weighted by Crippen LogP contribution is -3.20. The van der Waals surface area contributed by atoms with Crippen LogP contribution in [-0.4, -0.2) is 51.1 Å². The molecular weight excluding hydrogens is 386 g/mol. The van der Waals surface area contributed by atoms with E-state index < -0.39 is 0 Å². The van der Waals surface area contributed by atoms with Crippen LogP contribution in [0.25, 0.3) is 0 Å². The predicted octanol–water partition coefficient (Wildman–Crippen LogP) is 1.05. The fraction of sp³-hybridized carbons (Fsp3) is 0.385. The van der Waals surface area contributed by atoms with Crippen molar-refractivity contribution in [1.29, 1.82) is 0 Å². The minimum absolute atomic E-state index is 0.889. The summed E-state index contributed by atoms with van der Waals surface area (Å²) in [6, 6.07) is 23.7. The number of ether oxygens (including phenoxy) is 2. The van der Waals surface area contributed by atoms with E-state index >= 15 is 0 Å². The van der Waals surface area contributed by atoms with E-state index in [0.717, 1.165) is 58.2 Å². The summed E-state index contributed by atoms with van der Waals surface area (Å²) < 4.78 is 13.4. The van der Waals surface area contributed by atoms with E-state index in [1.807, 2.05) is 6.07 Å². The summed E-state index contributed by atoms with van der Waals surface area (Å²) in [7, 11) is 1.74. The van der Waals surface area contributed by atoms with Crippen molar-refractivity contribution in [3.05, 3.63) is 89.7 Å². The van der Waals surface area contributed by atoms with Crippen molar-refractivity contribution in [3.8, 4) is 5.75 Å². The van der Waals surface area contributed by atoms with Crippen LogP contribution in [0.5, 0.6) is 5.75 Å². The van der Waals surface area contributed by atoms with Gasteiger partial charge in [-0.25, -0.2) is 0 Å². The Kier molecular flexibility index (Phi) is 7.77. The van der Waals surface area contributed by atoms with Gasteiger partial charge in [-0.15, -0.1) is 0 Å². The molecule has 2 N–H and O–H groups in total. The number of benzene rings is 2. The van der Waals surface area contributed by atoms with Gasteiger partial charge in [-0.1, -0.05) is 42.5 Å². The zero-order valence-electron chi connectivity index (χ0n) is 18.6. The maximum absolute atomic E-state index is 5.54. The van der Waals surface area contributed by atoms with Crippen LogP contribution < -0.4 is 14.5 Å². The van der Waals surface area contributed by atoms with Gasteiger partial charge in [0.15, 0.2) is 0 Å². The highest BCUT2D eigenvalue weighted by Gasteiger charge is 2.19. The number of rotatable bonds is 10. The number of nitrogens with one attached hydrogen (secondary N) is 2. The van der Waals surface area contributed by atoms with Gasteiger partial charge in [-0.05, 0) is 29.8 Å². The summed E-state index contributed by atoms with van der Waals surface area (Å²) in [4.78, 5) is 3.24. The third-order valence-electron chi connectivity index (χ3n) is 6.17. The number of nitrogens with zero attached hydrogens (tertiary/aromatic N) is 1.